The van der Waals surface area contributed by atoms with Gasteiger partial charge >= 0.3 is 12.4 Å². The van der Waals surface area contributed by atoms with Crippen LogP contribution in [0.2, 0.25) is 0 Å². The third-order valence-electron chi connectivity index (χ3n) is 3.65. The van der Waals surface area contributed by atoms with Crippen molar-refractivity contribution in [2.45, 2.75) is 37.7 Å². The zero-order valence-corrected chi connectivity index (χ0v) is 12.9. The maximum absolute atomic E-state index is 13.2. The number of hydrogen-bond acceptors (Lipinski definition) is 2. The van der Waals surface area contributed by atoms with Crippen LogP contribution >= 0.6 is 12.4 Å². The normalized spacial score (nSPS) is 16.7. The van der Waals surface area contributed by atoms with Gasteiger partial charge in [-0.3, -0.25) is 0 Å². The van der Waals surface area contributed by atoms with Gasteiger partial charge in [-0.05, 0) is 24.5 Å². The number of nitrogens with two attached hydrogens (primary N) is 1. The van der Waals surface area contributed by atoms with Gasteiger partial charge in [0.05, 0.1) is 18.2 Å². The first-order valence-corrected chi connectivity index (χ1v) is 6.66. The molecule has 0 radical (unpaired) electrons. The van der Waals surface area contributed by atoms with E-state index in [1.165, 1.54) is 0 Å². The summed E-state index contributed by atoms with van der Waals surface area (Å²) in [4.78, 5) is 0. The van der Waals surface area contributed by atoms with Crippen LogP contribution in [0.25, 0.3) is 0 Å². The van der Waals surface area contributed by atoms with Gasteiger partial charge in [0, 0.05) is 11.6 Å². The molecule has 0 heterocycles. The molecule has 23 heavy (non-hydrogen) atoms. The molecule has 0 aromatic heterocycles. The molecule has 1 saturated carbocycles. The van der Waals surface area contributed by atoms with Crippen molar-refractivity contribution in [3.63, 3.8) is 0 Å². The van der Waals surface area contributed by atoms with Crippen molar-refractivity contribution in [3.8, 4) is 5.75 Å². The standard InChI is InChI=1S/C14H15F6NO.ClH/c1-22-11-6-8(13(15,16)17)5-9(14(18,19)20)12(11)10(21)4-7-2-3-7;/h5-7,10H,2-4,21H2,1H3;1H/t10-;/m0./s1. The van der Waals surface area contributed by atoms with E-state index in [4.69, 9.17) is 10.5 Å². The molecule has 2 nitrogen and oxygen atoms in total. The molecule has 1 aromatic carbocycles. The largest absolute Gasteiger partial charge is 0.496 e. The summed E-state index contributed by atoms with van der Waals surface area (Å²) in [6.07, 6.45) is -7.79. The summed E-state index contributed by atoms with van der Waals surface area (Å²) in [5, 5.41) is 0. The molecular weight excluding hydrogens is 348 g/mol. The zero-order chi connectivity index (χ0) is 16.7. The Balaban J connectivity index is 0.00000264. The van der Waals surface area contributed by atoms with Gasteiger partial charge in [0.15, 0.2) is 0 Å². The van der Waals surface area contributed by atoms with Gasteiger partial charge in [-0.2, -0.15) is 26.3 Å². The van der Waals surface area contributed by atoms with Gasteiger partial charge in [0.2, 0.25) is 0 Å². The molecule has 0 amide bonds. The minimum Gasteiger partial charge on any atom is -0.496 e. The molecule has 1 aromatic rings. The van der Waals surface area contributed by atoms with E-state index in [0.29, 0.717) is 12.5 Å². The fourth-order valence-corrected chi connectivity index (χ4v) is 2.41. The van der Waals surface area contributed by atoms with Crippen molar-refractivity contribution in [3.05, 3.63) is 28.8 Å². The molecule has 1 atom stereocenters. The third-order valence-corrected chi connectivity index (χ3v) is 3.65. The lowest BCUT2D eigenvalue weighted by molar-refractivity contribution is -0.143. The molecule has 2 rings (SSSR count). The van der Waals surface area contributed by atoms with Crippen molar-refractivity contribution < 1.29 is 31.1 Å². The van der Waals surface area contributed by atoms with Crippen molar-refractivity contribution in [2.24, 2.45) is 11.7 Å². The Hall–Kier alpha value is -1.15. The number of benzene rings is 1. The van der Waals surface area contributed by atoms with E-state index in [2.05, 4.69) is 0 Å². The zero-order valence-electron chi connectivity index (χ0n) is 12.1. The predicted octanol–water partition coefficient (Wildman–Crippen LogP) is 4.95. The second-order valence-corrected chi connectivity index (χ2v) is 5.42. The van der Waals surface area contributed by atoms with Crippen molar-refractivity contribution in [1.29, 1.82) is 0 Å². The van der Waals surface area contributed by atoms with Gasteiger partial charge in [-0.25, -0.2) is 0 Å². The van der Waals surface area contributed by atoms with Crippen LogP contribution in [0.15, 0.2) is 12.1 Å². The van der Waals surface area contributed by atoms with E-state index in [1.807, 2.05) is 0 Å². The highest BCUT2D eigenvalue weighted by Gasteiger charge is 2.41. The molecule has 1 aliphatic carbocycles. The number of methoxy groups -OCH3 is 1. The molecular formula is C14H16ClF6NO. The summed E-state index contributed by atoms with van der Waals surface area (Å²) in [5.74, 6) is -0.251. The Kier molecular flexibility index (Phi) is 5.85. The van der Waals surface area contributed by atoms with Crippen LogP contribution in [0.5, 0.6) is 5.75 Å². The second kappa shape index (κ2) is 6.76. The van der Waals surface area contributed by atoms with Gasteiger partial charge in [-0.15, -0.1) is 12.4 Å². The summed E-state index contributed by atoms with van der Waals surface area (Å²) >= 11 is 0. The van der Waals surface area contributed by atoms with Crippen molar-refractivity contribution in [1.82, 2.24) is 0 Å². The highest BCUT2D eigenvalue weighted by molar-refractivity contribution is 5.85. The number of hydrogen-bond donors (Lipinski definition) is 1. The Labute approximate surface area is 135 Å². The van der Waals surface area contributed by atoms with Crippen LogP contribution in [-0.4, -0.2) is 7.11 Å². The highest BCUT2D eigenvalue weighted by atomic mass is 35.5. The Morgan fingerprint density at radius 3 is 2.09 bits per heavy atom. The molecule has 2 N–H and O–H groups in total. The maximum Gasteiger partial charge on any atom is 0.416 e. The molecule has 0 bridgehead atoms. The Morgan fingerprint density at radius 2 is 1.70 bits per heavy atom. The van der Waals surface area contributed by atoms with Crippen molar-refractivity contribution in [2.75, 3.05) is 7.11 Å². The van der Waals surface area contributed by atoms with Crippen molar-refractivity contribution >= 4 is 12.4 Å². The molecule has 9 heteroatoms. The van der Waals surface area contributed by atoms with Crippen LogP contribution in [0.1, 0.15) is 42.0 Å². The van der Waals surface area contributed by atoms with E-state index < -0.39 is 40.8 Å². The minimum atomic E-state index is -4.94. The van der Waals surface area contributed by atoms with E-state index in [1.54, 1.807) is 0 Å². The Bertz CT molecular complexity index is 553. The lowest BCUT2D eigenvalue weighted by Crippen LogP contribution is -2.21. The van der Waals surface area contributed by atoms with Crippen LogP contribution in [0.4, 0.5) is 26.3 Å². The van der Waals surface area contributed by atoms with Gasteiger partial charge in [-0.1, -0.05) is 12.8 Å². The molecule has 1 aliphatic rings. The smallest absolute Gasteiger partial charge is 0.416 e. The van der Waals surface area contributed by atoms with Crippen LogP contribution < -0.4 is 10.5 Å². The predicted molar refractivity (Wildman–Crippen MR) is 74.5 cm³/mol. The minimum absolute atomic E-state index is 0. The van der Waals surface area contributed by atoms with Gasteiger partial charge < -0.3 is 10.5 Å². The lowest BCUT2D eigenvalue weighted by Gasteiger charge is -2.23. The first-order chi connectivity index (χ1) is 10.0. The quantitative estimate of drug-likeness (QED) is 0.768. The fourth-order valence-electron chi connectivity index (χ4n) is 2.41. The highest BCUT2D eigenvalue weighted by Crippen LogP contribution is 2.46. The van der Waals surface area contributed by atoms with Gasteiger partial charge in [0.1, 0.15) is 5.75 Å². The van der Waals surface area contributed by atoms with Crippen LogP contribution in [-0.2, 0) is 12.4 Å². The maximum atomic E-state index is 13.2. The molecule has 0 saturated heterocycles. The Morgan fingerprint density at radius 1 is 1.13 bits per heavy atom. The average Bonchev–Trinajstić information content (AvgIpc) is 3.18. The average molecular weight is 364 g/mol. The number of ether oxygens (including phenoxy) is 1. The summed E-state index contributed by atoms with van der Waals surface area (Å²) in [7, 11) is 1.03. The third kappa shape index (κ3) is 4.67. The SMILES string of the molecule is COc1cc(C(F)(F)F)cc(C(F)(F)F)c1[C@@H](N)CC1CC1.Cl. The summed E-state index contributed by atoms with van der Waals surface area (Å²) in [6, 6.07) is -0.344. The first-order valence-electron chi connectivity index (χ1n) is 6.66. The monoisotopic (exact) mass is 363 g/mol. The number of halogens is 7. The molecule has 132 valence electrons. The van der Waals surface area contributed by atoms with E-state index in [0.717, 1.165) is 20.0 Å². The lowest BCUT2D eigenvalue weighted by atomic mass is 9.93. The molecule has 0 unspecified atom stereocenters. The second-order valence-electron chi connectivity index (χ2n) is 5.42. The van der Waals surface area contributed by atoms with E-state index in [9.17, 15) is 26.3 Å². The fraction of sp³-hybridized carbons (Fsp3) is 0.571. The molecule has 0 aliphatic heterocycles. The summed E-state index contributed by atoms with van der Waals surface area (Å²) in [5.41, 5.74) is 2.61. The first kappa shape index (κ1) is 19.9. The van der Waals surface area contributed by atoms with Crippen LogP contribution in [0.3, 0.4) is 0 Å². The van der Waals surface area contributed by atoms with E-state index in [-0.39, 0.29) is 24.4 Å². The molecule has 1 fully saturated rings. The summed E-state index contributed by atoms with van der Waals surface area (Å²) in [6.45, 7) is 0. The topological polar surface area (TPSA) is 35.2 Å². The molecule has 0 spiro atoms. The number of alkyl halides is 6. The summed E-state index contributed by atoms with van der Waals surface area (Å²) < 4.78 is 82.6. The number of rotatable bonds is 4. The van der Waals surface area contributed by atoms with E-state index >= 15 is 0 Å². The van der Waals surface area contributed by atoms with Gasteiger partial charge in [0.25, 0.3) is 0 Å². The van der Waals surface area contributed by atoms with Crippen LogP contribution in [0, 0.1) is 5.92 Å².